The fourth-order valence-corrected chi connectivity index (χ4v) is 4.29. The van der Waals surface area contributed by atoms with E-state index in [1.165, 1.54) is 16.8 Å². The minimum absolute atomic E-state index is 0.107. The average molecular weight is 562 g/mol. The van der Waals surface area contributed by atoms with E-state index in [1.807, 2.05) is 30.3 Å². The summed E-state index contributed by atoms with van der Waals surface area (Å²) in [5.74, 6) is -0.917. The molecule has 2 amide bonds. The summed E-state index contributed by atoms with van der Waals surface area (Å²) in [4.78, 5) is 13.5. The number of hydrogen-bond acceptors (Lipinski definition) is 7. The molecule has 0 radical (unpaired) electrons. The van der Waals surface area contributed by atoms with Crippen LogP contribution >= 0.6 is 0 Å². The molecule has 5 N–H and O–H groups in total. The molecule has 2 aromatic carbocycles. The van der Waals surface area contributed by atoms with E-state index in [0.717, 1.165) is 37.3 Å². The number of aliphatic hydroxyl groups excluding tert-OH is 2. The highest BCUT2D eigenvalue weighted by Crippen LogP contribution is 2.29. The minimum atomic E-state index is -0.775. The number of rotatable bonds is 11. The molecule has 1 atom stereocenters. The van der Waals surface area contributed by atoms with Gasteiger partial charge in [-0.3, -0.25) is 5.32 Å². The maximum absolute atomic E-state index is 13.1. The second-order valence-corrected chi connectivity index (χ2v) is 9.51. The van der Waals surface area contributed by atoms with Crippen molar-refractivity contribution in [1.82, 2.24) is 14.7 Å². The van der Waals surface area contributed by atoms with Gasteiger partial charge < -0.3 is 30.3 Å². The molecule has 1 aromatic heterocycles. The smallest absolute Gasteiger partial charge is 0.317 e. The van der Waals surface area contributed by atoms with Crippen LogP contribution in [0.15, 0.2) is 48.5 Å². The van der Waals surface area contributed by atoms with Gasteiger partial charge in [0.1, 0.15) is 5.82 Å². The second kappa shape index (κ2) is 15.3. The van der Waals surface area contributed by atoms with E-state index in [9.17, 15) is 13.6 Å². The Labute approximate surface area is 232 Å². The van der Waals surface area contributed by atoms with Crippen molar-refractivity contribution in [2.75, 3.05) is 58.5 Å². The van der Waals surface area contributed by atoms with Crippen LogP contribution in [0.4, 0.5) is 19.4 Å². The topological polar surface area (TPSA) is 135 Å². The van der Waals surface area contributed by atoms with Gasteiger partial charge in [0.05, 0.1) is 37.7 Å². The van der Waals surface area contributed by atoms with Crippen molar-refractivity contribution >= 4 is 11.8 Å². The fraction of sp³-hybridized carbons (Fsp3) is 0.429. The Balaban J connectivity index is 0.000000230. The lowest BCUT2D eigenvalue weighted by atomic mass is 9.98. The number of aromatic nitrogens is 2. The molecule has 1 unspecified atom stereocenters. The normalized spacial score (nSPS) is 15.1. The molecule has 40 heavy (non-hydrogen) atoms. The Hall–Kier alpha value is -3.58. The molecule has 3 aromatic rings. The number of benzene rings is 2. The van der Waals surface area contributed by atoms with E-state index in [2.05, 4.69) is 15.3 Å². The Bertz CT molecular complexity index is 1220. The number of halogens is 2. The van der Waals surface area contributed by atoms with Gasteiger partial charge in [0, 0.05) is 26.1 Å². The van der Waals surface area contributed by atoms with Crippen LogP contribution in [-0.2, 0) is 4.74 Å². The van der Waals surface area contributed by atoms with E-state index in [0.29, 0.717) is 29.8 Å². The van der Waals surface area contributed by atoms with Crippen molar-refractivity contribution in [3.05, 3.63) is 71.3 Å². The van der Waals surface area contributed by atoms with Crippen LogP contribution in [0.3, 0.4) is 0 Å². The third-order valence-corrected chi connectivity index (χ3v) is 6.59. The van der Waals surface area contributed by atoms with Crippen molar-refractivity contribution in [1.29, 1.82) is 0 Å². The first-order chi connectivity index (χ1) is 19.3. The van der Waals surface area contributed by atoms with E-state index >= 15 is 0 Å². The first kappa shape index (κ1) is 31.0. The van der Waals surface area contributed by atoms with Crippen LogP contribution in [-0.4, -0.2) is 84.1 Å². The number of para-hydroxylation sites is 1. The second-order valence-electron chi connectivity index (χ2n) is 9.51. The lowest BCUT2D eigenvalue weighted by Crippen LogP contribution is -2.24. The number of urea groups is 1. The number of methoxy groups -OCH3 is 1. The number of aliphatic hydroxyl groups is 2. The molecule has 1 aliphatic heterocycles. The molecule has 0 bridgehead atoms. The van der Waals surface area contributed by atoms with Gasteiger partial charge in [0.15, 0.2) is 11.6 Å². The zero-order chi connectivity index (χ0) is 29.1. The maximum atomic E-state index is 13.1. The first-order valence-corrected chi connectivity index (χ1v) is 13.0. The van der Waals surface area contributed by atoms with Crippen LogP contribution in [0.2, 0.25) is 0 Å². The summed E-state index contributed by atoms with van der Waals surface area (Å²) in [5.41, 5.74) is 7.44. The summed E-state index contributed by atoms with van der Waals surface area (Å²) < 4.78 is 38.1. The van der Waals surface area contributed by atoms with Crippen molar-refractivity contribution in [3.8, 4) is 11.6 Å². The highest BCUT2D eigenvalue weighted by Gasteiger charge is 2.24. The number of nitrogens with zero attached hydrogens (tertiary/aromatic N) is 3. The number of nitrogens with two attached hydrogens (primary N) is 1. The molecule has 12 heteroatoms. The monoisotopic (exact) mass is 561 g/mol. The zero-order valence-electron chi connectivity index (χ0n) is 22.7. The fourth-order valence-electron chi connectivity index (χ4n) is 4.29. The number of ether oxygens (including phenoxy) is 2. The molecular weight excluding hydrogens is 524 g/mol. The lowest BCUT2D eigenvalue weighted by molar-refractivity contribution is 0.104. The summed E-state index contributed by atoms with van der Waals surface area (Å²) in [6.07, 6.45) is 0.995. The van der Waals surface area contributed by atoms with Gasteiger partial charge in [-0.05, 0) is 55.6 Å². The molecule has 218 valence electrons. The molecular formula is C28H37F2N5O5. The van der Waals surface area contributed by atoms with E-state index < -0.39 is 23.6 Å². The SMILES string of the molecule is COCCN1CCC(c2ccc(F)c(F)c2)C1.Cc1c(OCC(CO)CO)nn(-c2ccccc2)c1NC(N)=O. The van der Waals surface area contributed by atoms with Crippen LogP contribution in [0, 0.1) is 24.5 Å². The molecule has 2 heterocycles. The molecule has 0 aliphatic carbocycles. The summed E-state index contributed by atoms with van der Waals surface area (Å²) in [6, 6.07) is 12.7. The third kappa shape index (κ3) is 8.46. The largest absolute Gasteiger partial charge is 0.476 e. The minimum Gasteiger partial charge on any atom is -0.476 e. The Morgan fingerprint density at radius 2 is 1.90 bits per heavy atom. The standard InChI is InChI=1S/C15H20N4O4.C13H17F2NO/c1-10-13(17-15(16)22)19(12-5-3-2-4-6-12)18-14(10)23-9-11(7-20)8-21;1-17-7-6-16-5-4-11(9-16)10-2-3-12(14)13(15)8-10/h2-6,11,20-21H,7-9H2,1H3,(H3,16,17,22);2-3,8,11H,4-7,9H2,1H3. The van der Waals surface area contributed by atoms with Crippen LogP contribution in [0.25, 0.3) is 5.69 Å². The number of hydrogen-bond donors (Lipinski definition) is 4. The van der Waals surface area contributed by atoms with E-state index in [1.54, 1.807) is 20.1 Å². The summed E-state index contributed by atoms with van der Waals surface area (Å²) >= 11 is 0. The summed E-state index contributed by atoms with van der Waals surface area (Å²) in [6.45, 7) is 4.96. The van der Waals surface area contributed by atoms with E-state index in [-0.39, 0.29) is 19.8 Å². The number of amides is 2. The van der Waals surface area contributed by atoms with Gasteiger partial charge in [0.2, 0.25) is 5.88 Å². The van der Waals surface area contributed by atoms with Gasteiger partial charge in [0.25, 0.3) is 0 Å². The molecule has 4 rings (SSSR count). The molecule has 1 fully saturated rings. The number of anilines is 1. The Morgan fingerprint density at radius 3 is 2.52 bits per heavy atom. The number of likely N-dealkylation sites (tertiary alicyclic amines) is 1. The third-order valence-electron chi connectivity index (χ3n) is 6.59. The molecule has 0 saturated carbocycles. The van der Waals surface area contributed by atoms with Gasteiger partial charge in [-0.1, -0.05) is 24.3 Å². The van der Waals surface area contributed by atoms with Crippen LogP contribution in [0.1, 0.15) is 23.5 Å². The first-order valence-electron chi connectivity index (χ1n) is 13.0. The number of carbonyl (C=O) groups is 1. The van der Waals surface area contributed by atoms with Crippen LogP contribution in [0.5, 0.6) is 5.88 Å². The summed E-state index contributed by atoms with van der Waals surface area (Å²) in [5, 5.41) is 25.1. The maximum Gasteiger partial charge on any atom is 0.317 e. The van der Waals surface area contributed by atoms with Crippen molar-refractivity contribution in [2.45, 2.75) is 19.3 Å². The lowest BCUT2D eigenvalue weighted by Gasteiger charge is -2.15. The quantitative estimate of drug-likeness (QED) is 0.283. The molecule has 0 spiro atoms. The highest BCUT2D eigenvalue weighted by atomic mass is 19.2. The van der Waals surface area contributed by atoms with Gasteiger partial charge >= 0.3 is 6.03 Å². The van der Waals surface area contributed by atoms with Crippen molar-refractivity contribution < 1.29 is 33.3 Å². The van der Waals surface area contributed by atoms with Gasteiger partial charge in [-0.25, -0.2) is 18.3 Å². The van der Waals surface area contributed by atoms with Gasteiger partial charge in [-0.2, -0.15) is 0 Å². The highest BCUT2D eigenvalue weighted by molar-refractivity contribution is 5.88. The Kier molecular flexibility index (Phi) is 11.8. The zero-order valence-corrected chi connectivity index (χ0v) is 22.7. The van der Waals surface area contributed by atoms with Crippen LogP contribution < -0.4 is 15.8 Å². The molecule has 1 saturated heterocycles. The number of primary amides is 1. The van der Waals surface area contributed by atoms with Crippen molar-refractivity contribution in [2.24, 2.45) is 11.7 Å². The van der Waals surface area contributed by atoms with Gasteiger partial charge in [-0.15, -0.1) is 5.10 Å². The van der Waals surface area contributed by atoms with Crippen molar-refractivity contribution in [3.63, 3.8) is 0 Å². The Morgan fingerprint density at radius 1 is 1.18 bits per heavy atom. The predicted molar refractivity (Wildman–Crippen MR) is 147 cm³/mol. The summed E-state index contributed by atoms with van der Waals surface area (Å²) in [7, 11) is 1.68. The van der Waals surface area contributed by atoms with E-state index in [4.69, 9.17) is 25.4 Å². The molecule has 1 aliphatic rings. The average Bonchev–Trinajstić information content (AvgIpc) is 3.55. The molecule has 10 nitrogen and oxygen atoms in total. The predicted octanol–water partition coefficient (Wildman–Crippen LogP) is 3.05. The number of nitrogens with one attached hydrogen (secondary N) is 1. The number of carbonyl (C=O) groups excluding carboxylic acids is 1.